The minimum Gasteiger partial charge on any atom is -0.359 e. The number of H-pyrrole nitrogens is 1. The Kier molecular flexibility index (Phi) is 4.05. The van der Waals surface area contributed by atoms with Crippen LogP contribution in [0.2, 0.25) is 0 Å². The van der Waals surface area contributed by atoms with E-state index in [1.54, 1.807) is 37.3 Å². The number of likely N-dealkylation sites (N-methyl/N-ethyl adjacent to an activating group) is 2. The Hall–Kier alpha value is -1.62. The molecule has 0 bridgehead atoms. The first-order valence-corrected chi connectivity index (χ1v) is 4.69. The lowest BCUT2D eigenvalue weighted by atomic mass is 10.3. The number of rotatable bonds is 5. The molecule has 0 aliphatic carbocycles. The van der Waals surface area contributed by atoms with Crippen LogP contribution >= 0.6 is 0 Å². The molecule has 0 saturated carbocycles. The molecule has 1 amide bonds. The summed E-state index contributed by atoms with van der Waals surface area (Å²) in [6.45, 7) is 0.455. The molecule has 0 aliphatic heterocycles. The molecule has 5 heteroatoms. The number of hydrogen-bond acceptors (Lipinski definition) is 3. The number of amides is 1. The Labute approximate surface area is 88.5 Å². The Morgan fingerprint density at radius 2 is 2.20 bits per heavy atom. The molecule has 1 aromatic rings. The number of carbonyl (C=O) groups excluding carboxylic acids is 2. The van der Waals surface area contributed by atoms with Gasteiger partial charge in [-0.3, -0.25) is 14.5 Å². The van der Waals surface area contributed by atoms with E-state index >= 15 is 0 Å². The highest BCUT2D eigenvalue weighted by Crippen LogP contribution is 1.97. The smallest absolute Gasteiger partial charge is 0.233 e. The quantitative estimate of drug-likeness (QED) is 0.664. The Bertz CT molecular complexity index is 332. The van der Waals surface area contributed by atoms with Crippen molar-refractivity contribution in [2.45, 2.75) is 0 Å². The molecule has 0 atom stereocenters. The molecule has 15 heavy (non-hydrogen) atoms. The predicted octanol–water partition coefficient (Wildman–Crippen LogP) is -0.125. The van der Waals surface area contributed by atoms with E-state index < -0.39 is 0 Å². The molecule has 0 unspecified atom stereocenters. The number of aromatic amines is 1. The molecule has 0 aliphatic rings. The van der Waals surface area contributed by atoms with Crippen molar-refractivity contribution in [1.82, 2.24) is 15.2 Å². The molecule has 5 nitrogen and oxygen atoms in total. The van der Waals surface area contributed by atoms with Gasteiger partial charge in [-0.25, -0.2) is 0 Å². The van der Waals surface area contributed by atoms with E-state index in [2.05, 4.69) is 10.3 Å². The van der Waals surface area contributed by atoms with Crippen LogP contribution in [-0.4, -0.2) is 48.8 Å². The zero-order valence-electron chi connectivity index (χ0n) is 8.91. The van der Waals surface area contributed by atoms with Gasteiger partial charge >= 0.3 is 0 Å². The van der Waals surface area contributed by atoms with E-state index in [4.69, 9.17) is 0 Å². The summed E-state index contributed by atoms with van der Waals surface area (Å²) < 4.78 is 0. The minimum absolute atomic E-state index is 0.0218. The van der Waals surface area contributed by atoms with Crippen molar-refractivity contribution in [1.29, 1.82) is 0 Å². The van der Waals surface area contributed by atoms with E-state index in [1.165, 1.54) is 0 Å². The van der Waals surface area contributed by atoms with Crippen LogP contribution in [0.1, 0.15) is 10.5 Å². The summed E-state index contributed by atoms with van der Waals surface area (Å²) in [4.78, 5) is 27.1. The van der Waals surface area contributed by atoms with Crippen LogP contribution in [0.25, 0.3) is 0 Å². The molecule has 0 radical (unpaired) electrons. The maximum atomic E-state index is 11.6. The third-order valence-electron chi connectivity index (χ3n) is 2.00. The number of hydrogen-bond donors (Lipinski definition) is 2. The third kappa shape index (κ3) is 3.55. The molecule has 0 fully saturated rings. The fourth-order valence-electron chi connectivity index (χ4n) is 1.21. The maximum Gasteiger partial charge on any atom is 0.233 e. The topological polar surface area (TPSA) is 65.2 Å². The summed E-state index contributed by atoms with van der Waals surface area (Å²) >= 11 is 0. The monoisotopic (exact) mass is 209 g/mol. The first kappa shape index (κ1) is 11.5. The van der Waals surface area contributed by atoms with Gasteiger partial charge in [-0.1, -0.05) is 0 Å². The molecule has 0 aromatic carbocycles. The maximum absolute atomic E-state index is 11.6. The lowest BCUT2D eigenvalue weighted by Crippen LogP contribution is -2.36. The third-order valence-corrected chi connectivity index (χ3v) is 2.00. The van der Waals surface area contributed by atoms with Gasteiger partial charge in [-0.2, -0.15) is 0 Å². The van der Waals surface area contributed by atoms with Crippen molar-refractivity contribution >= 4 is 11.7 Å². The lowest BCUT2D eigenvalue weighted by Gasteiger charge is -2.13. The number of Topliss-reactive ketones (excluding diaryl/α,β-unsaturated/α-hetero) is 1. The van der Waals surface area contributed by atoms with Crippen LogP contribution in [0.5, 0.6) is 0 Å². The number of nitrogens with one attached hydrogen (secondary N) is 2. The van der Waals surface area contributed by atoms with E-state index in [9.17, 15) is 9.59 Å². The van der Waals surface area contributed by atoms with E-state index in [0.717, 1.165) is 0 Å². The van der Waals surface area contributed by atoms with Crippen LogP contribution in [0.15, 0.2) is 18.3 Å². The molecular formula is C10H15N3O2. The van der Waals surface area contributed by atoms with Crippen molar-refractivity contribution in [3.8, 4) is 0 Å². The van der Waals surface area contributed by atoms with Crippen molar-refractivity contribution in [2.24, 2.45) is 0 Å². The minimum atomic E-state index is -0.100. The van der Waals surface area contributed by atoms with Gasteiger partial charge in [-0.05, 0) is 19.2 Å². The molecule has 2 N–H and O–H groups in total. The predicted molar refractivity (Wildman–Crippen MR) is 56.7 cm³/mol. The fraction of sp³-hybridized carbons (Fsp3) is 0.400. The first-order chi connectivity index (χ1) is 7.13. The zero-order valence-corrected chi connectivity index (χ0v) is 8.91. The Morgan fingerprint density at radius 3 is 2.73 bits per heavy atom. The van der Waals surface area contributed by atoms with Gasteiger partial charge in [0, 0.05) is 13.2 Å². The van der Waals surface area contributed by atoms with Gasteiger partial charge in [0.1, 0.15) is 0 Å². The van der Waals surface area contributed by atoms with E-state index in [1.807, 2.05) is 0 Å². The summed E-state index contributed by atoms with van der Waals surface area (Å²) in [5.74, 6) is -0.122. The highest BCUT2D eigenvalue weighted by Gasteiger charge is 2.11. The number of nitrogens with zero attached hydrogens (tertiary/aromatic N) is 1. The fourth-order valence-corrected chi connectivity index (χ4v) is 1.21. The van der Waals surface area contributed by atoms with Gasteiger partial charge in [0.15, 0.2) is 5.78 Å². The summed E-state index contributed by atoms with van der Waals surface area (Å²) in [5.41, 5.74) is 0.568. The molecule has 0 saturated heterocycles. The highest BCUT2D eigenvalue weighted by molar-refractivity contribution is 5.96. The van der Waals surface area contributed by atoms with Gasteiger partial charge in [0.05, 0.1) is 18.8 Å². The number of carbonyl (C=O) groups is 2. The number of ketones is 1. The standard InChI is InChI=1S/C10H15N3O2/c1-11-10(15)7-13(2)6-9(14)8-4-3-5-12-8/h3-5,12H,6-7H2,1-2H3,(H,11,15). The molecule has 1 aromatic heterocycles. The van der Waals surface area contributed by atoms with Gasteiger partial charge in [-0.15, -0.1) is 0 Å². The van der Waals surface area contributed by atoms with E-state index in [-0.39, 0.29) is 24.8 Å². The summed E-state index contributed by atoms with van der Waals surface area (Å²) in [6.07, 6.45) is 1.70. The second kappa shape index (κ2) is 5.31. The van der Waals surface area contributed by atoms with Crippen LogP contribution < -0.4 is 5.32 Å². The van der Waals surface area contributed by atoms with Crippen molar-refractivity contribution < 1.29 is 9.59 Å². The van der Waals surface area contributed by atoms with Crippen LogP contribution in [0.3, 0.4) is 0 Å². The van der Waals surface area contributed by atoms with Crippen LogP contribution in [0.4, 0.5) is 0 Å². The molecular weight excluding hydrogens is 194 g/mol. The summed E-state index contributed by atoms with van der Waals surface area (Å²) in [7, 11) is 3.30. The van der Waals surface area contributed by atoms with Gasteiger partial charge in [0.2, 0.25) is 5.91 Å². The average molecular weight is 209 g/mol. The van der Waals surface area contributed by atoms with Gasteiger partial charge < -0.3 is 10.3 Å². The molecule has 1 heterocycles. The largest absolute Gasteiger partial charge is 0.359 e. The normalized spacial score (nSPS) is 10.3. The van der Waals surface area contributed by atoms with Crippen molar-refractivity contribution in [3.05, 3.63) is 24.0 Å². The van der Waals surface area contributed by atoms with Crippen molar-refractivity contribution in [3.63, 3.8) is 0 Å². The zero-order chi connectivity index (χ0) is 11.3. The molecule has 82 valence electrons. The van der Waals surface area contributed by atoms with Crippen LogP contribution in [0, 0.1) is 0 Å². The molecule has 0 spiro atoms. The Morgan fingerprint density at radius 1 is 1.47 bits per heavy atom. The van der Waals surface area contributed by atoms with E-state index in [0.29, 0.717) is 5.69 Å². The highest BCUT2D eigenvalue weighted by atomic mass is 16.2. The second-order valence-corrected chi connectivity index (χ2v) is 3.35. The summed E-state index contributed by atoms with van der Waals surface area (Å²) in [6, 6.07) is 3.49. The van der Waals surface area contributed by atoms with Crippen LogP contribution in [-0.2, 0) is 4.79 Å². The van der Waals surface area contributed by atoms with Crippen molar-refractivity contribution in [2.75, 3.05) is 27.2 Å². The first-order valence-electron chi connectivity index (χ1n) is 4.69. The Balaban J connectivity index is 2.42. The second-order valence-electron chi connectivity index (χ2n) is 3.35. The average Bonchev–Trinajstić information content (AvgIpc) is 2.70. The molecule has 1 rings (SSSR count). The summed E-state index contributed by atoms with van der Waals surface area (Å²) in [5, 5.41) is 2.50. The lowest BCUT2D eigenvalue weighted by molar-refractivity contribution is -0.121. The van der Waals surface area contributed by atoms with Gasteiger partial charge in [0.25, 0.3) is 0 Å². The number of aromatic nitrogens is 1. The SMILES string of the molecule is CNC(=O)CN(C)CC(=O)c1ccc[nH]1.